The monoisotopic (exact) mass is 422 g/mol. The highest BCUT2D eigenvalue weighted by Gasteiger charge is 2.21. The molecule has 2 aromatic carbocycles. The normalized spacial score (nSPS) is 14.9. The minimum Gasteiger partial charge on any atom is -0.339 e. The summed E-state index contributed by atoms with van der Waals surface area (Å²) in [6.45, 7) is 5.36. The van der Waals surface area contributed by atoms with Crippen LogP contribution in [0.5, 0.6) is 0 Å². The summed E-state index contributed by atoms with van der Waals surface area (Å²) in [6, 6.07) is 15.3. The molecule has 0 radical (unpaired) electrons. The summed E-state index contributed by atoms with van der Waals surface area (Å²) in [7, 11) is 2.07. The molecule has 2 heterocycles. The highest BCUT2D eigenvalue weighted by Crippen LogP contribution is 2.22. The van der Waals surface area contributed by atoms with Crippen LogP contribution in [0.3, 0.4) is 0 Å². The second-order valence-corrected chi connectivity index (χ2v) is 8.49. The molecule has 1 amide bonds. The lowest BCUT2D eigenvalue weighted by atomic mass is 10.1. The van der Waals surface area contributed by atoms with Crippen molar-refractivity contribution >= 4 is 28.6 Å². The summed E-state index contributed by atoms with van der Waals surface area (Å²) in [5.74, 6) is 0.352. The zero-order chi connectivity index (χ0) is 21.1. The van der Waals surface area contributed by atoms with E-state index in [9.17, 15) is 9.59 Å². The number of para-hydroxylation sites is 1. The van der Waals surface area contributed by atoms with Gasteiger partial charge >= 0.3 is 0 Å². The van der Waals surface area contributed by atoms with Crippen LogP contribution in [0.1, 0.15) is 12.5 Å². The van der Waals surface area contributed by atoms with Gasteiger partial charge in [0.1, 0.15) is 0 Å². The van der Waals surface area contributed by atoms with Crippen molar-refractivity contribution in [3.63, 3.8) is 0 Å². The third kappa shape index (κ3) is 4.27. The van der Waals surface area contributed by atoms with E-state index in [0.717, 1.165) is 38.3 Å². The molecule has 4 rings (SSSR count). The van der Waals surface area contributed by atoms with Gasteiger partial charge in [-0.3, -0.25) is 14.2 Å². The van der Waals surface area contributed by atoms with Crippen LogP contribution < -0.4 is 5.56 Å². The first-order valence-corrected chi connectivity index (χ1v) is 11.3. The van der Waals surface area contributed by atoms with Crippen molar-refractivity contribution in [1.82, 2.24) is 19.4 Å². The molecule has 0 unspecified atom stereocenters. The van der Waals surface area contributed by atoms with Gasteiger partial charge in [-0.15, -0.1) is 0 Å². The number of fused-ring (bicyclic) bond motifs is 1. The second kappa shape index (κ2) is 9.02. The fourth-order valence-corrected chi connectivity index (χ4v) is 4.51. The third-order valence-corrected chi connectivity index (χ3v) is 6.45. The maximum absolute atomic E-state index is 13.3. The van der Waals surface area contributed by atoms with Crippen LogP contribution in [-0.2, 0) is 11.2 Å². The lowest BCUT2D eigenvalue weighted by Crippen LogP contribution is -2.47. The van der Waals surface area contributed by atoms with E-state index in [1.807, 2.05) is 47.4 Å². The highest BCUT2D eigenvalue weighted by atomic mass is 32.2. The molecule has 1 aliphatic rings. The van der Waals surface area contributed by atoms with Crippen molar-refractivity contribution in [1.29, 1.82) is 0 Å². The maximum Gasteiger partial charge on any atom is 0.266 e. The molecule has 0 spiro atoms. The molecule has 30 heavy (non-hydrogen) atoms. The Labute approximate surface area is 180 Å². The lowest BCUT2D eigenvalue weighted by Gasteiger charge is -2.32. The molecule has 7 heteroatoms. The van der Waals surface area contributed by atoms with Gasteiger partial charge in [0.05, 0.1) is 22.3 Å². The fourth-order valence-electron chi connectivity index (χ4n) is 3.59. The molecule has 0 aliphatic carbocycles. The number of amides is 1. The van der Waals surface area contributed by atoms with Crippen LogP contribution in [0.25, 0.3) is 16.6 Å². The van der Waals surface area contributed by atoms with Crippen molar-refractivity contribution in [2.45, 2.75) is 18.5 Å². The van der Waals surface area contributed by atoms with Gasteiger partial charge in [-0.25, -0.2) is 4.98 Å². The molecule has 1 aliphatic heterocycles. The van der Waals surface area contributed by atoms with Crippen LogP contribution in [-0.4, -0.2) is 64.2 Å². The van der Waals surface area contributed by atoms with Crippen LogP contribution in [0.2, 0.25) is 0 Å². The fraction of sp³-hybridized carbons (Fsp3) is 0.348. The van der Waals surface area contributed by atoms with Crippen molar-refractivity contribution in [2.24, 2.45) is 0 Å². The Balaban J connectivity index is 1.67. The molecule has 0 bridgehead atoms. The van der Waals surface area contributed by atoms with Crippen LogP contribution >= 0.6 is 11.8 Å². The van der Waals surface area contributed by atoms with Gasteiger partial charge in [-0.1, -0.05) is 43.0 Å². The molecule has 0 N–H and O–H groups in total. The molecular weight excluding hydrogens is 396 g/mol. The number of carbonyl (C=O) groups is 1. The smallest absolute Gasteiger partial charge is 0.266 e. The average molecular weight is 423 g/mol. The van der Waals surface area contributed by atoms with Gasteiger partial charge in [-0.2, -0.15) is 0 Å². The SMILES string of the molecule is CCc1ccc(-n2c(SCC(=O)N3CCN(C)CC3)nc3ccccc3c2=O)cc1. The first-order chi connectivity index (χ1) is 14.6. The van der Waals surface area contributed by atoms with E-state index in [2.05, 4.69) is 18.9 Å². The highest BCUT2D eigenvalue weighted by molar-refractivity contribution is 7.99. The third-order valence-electron chi connectivity index (χ3n) is 5.53. The van der Waals surface area contributed by atoms with Gasteiger partial charge in [-0.05, 0) is 43.3 Å². The Morgan fingerprint density at radius 2 is 1.73 bits per heavy atom. The van der Waals surface area contributed by atoms with Gasteiger partial charge in [0, 0.05) is 26.2 Å². The Hall–Kier alpha value is -2.64. The van der Waals surface area contributed by atoms with Crippen LogP contribution in [0.15, 0.2) is 58.5 Å². The Bertz CT molecular complexity index is 1100. The van der Waals surface area contributed by atoms with Crippen molar-refractivity contribution in [3.05, 3.63) is 64.4 Å². The number of hydrogen-bond acceptors (Lipinski definition) is 5. The maximum atomic E-state index is 13.3. The Morgan fingerprint density at radius 1 is 1.03 bits per heavy atom. The van der Waals surface area contributed by atoms with Gasteiger partial charge in [0.2, 0.25) is 5.91 Å². The molecule has 1 aromatic heterocycles. The van der Waals surface area contributed by atoms with E-state index >= 15 is 0 Å². The molecule has 0 atom stereocenters. The van der Waals surface area contributed by atoms with Gasteiger partial charge in [0.25, 0.3) is 5.56 Å². The Kier molecular flexibility index (Phi) is 6.20. The van der Waals surface area contributed by atoms with Crippen LogP contribution in [0, 0.1) is 0 Å². The standard InChI is InChI=1S/C23H26N4O2S/c1-3-17-8-10-18(11-9-17)27-22(29)19-6-4-5-7-20(19)24-23(27)30-16-21(28)26-14-12-25(2)13-15-26/h4-11H,3,12-16H2,1-2H3. The number of carbonyl (C=O) groups excluding carboxylic acids is 1. The number of likely N-dealkylation sites (N-methyl/N-ethyl adjacent to an activating group) is 1. The van der Waals surface area contributed by atoms with Gasteiger partial charge < -0.3 is 9.80 Å². The van der Waals surface area contributed by atoms with Crippen molar-refractivity contribution < 1.29 is 4.79 Å². The Morgan fingerprint density at radius 3 is 2.43 bits per heavy atom. The van der Waals surface area contributed by atoms with Crippen molar-refractivity contribution in [2.75, 3.05) is 39.0 Å². The summed E-state index contributed by atoms with van der Waals surface area (Å²) < 4.78 is 1.63. The number of hydrogen-bond donors (Lipinski definition) is 0. The first kappa shape index (κ1) is 20.6. The zero-order valence-electron chi connectivity index (χ0n) is 17.4. The largest absolute Gasteiger partial charge is 0.339 e. The quantitative estimate of drug-likeness (QED) is 0.467. The predicted octanol–water partition coefficient (Wildman–Crippen LogP) is 2.81. The first-order valence-electron chi connectivity index (χ1n) is 10.3. The van der Waals surface area contributed by atoms with E-state index < -0.39 is 0 Å². The summed E-state index contributed by atoms with van der Waals surface area (Å²) >= 11 is 1.33. The average Bonchev–Trinajstić information content (AvgIpc) is 2.78. The van der Waals surface area contributed by atoms with E-state index in [1.165, 1.54) is 17.3 Å². The number of aryl methyl sites for hydroxylation is 1. The summed E-state index contributed by atoms with van der Waals surface area (Å²) in [5.41, 5.74) is 2.52. The predicted molar refractivity (Wildman–Crippen MR) is 122 cm³/mol. The van der Waals surface area contributed by atoms with E-state index in [4.69, 9.17) is 4.98 Å². The van der Waals surface area contributed by atoms with E-state index in [0.29, 0.717) is 16.1 Å². The second-order valence-electron chi connectivity index (χ2n) is 7.54. The number of thioether (sulfide) groups is 1. The summed E-state index contributed by atoms with van der Waals surface area (Å²) in [6.07, 6.45) is 0.937. The number of piperazine rings is 1. The van der Waals surface area contributed by atoms with Gasteiger partial charge in [0.15, 0.2) is 5.16 Å². The molecule has 1 saturated heterocycles. The molecule has 0 saturated carbocycles. The van der Waals surface area contributed by atoms with E-state index in [-0.39, 0.29) is 17.2 Å². The molecule has 3 aromatic rings. The van der Waals surface area contributed by atoms with Crippen LogP contribution in [0.4, 0.5) is 0 Å². The minimum absolute atomic E-state index is 0.0865. The lowest BCUT2D eigenvalue weighted by molar-refractivity contribution is -0.129. The molecule has 1 fully saturated rings. The molecular formula is C23H26N4O2S. The number of rotatable bonds is 5. The topological polar surface area (TPSA) is 58.4 Å². The zero-order valence-corrected chi connectivity index (χ0v) is 18.2. The molecule has 6 nitrogen and oxygen atoms in total. The number of benzene rings is 2. The summed E-state index contributed by atoms with van der Waals surface area (Å²) in [5, 5.41) is 1.12. The minimum atomic E-state index is -0.112. The summed E-state index contributed by atoms with van der Waals surface area (Å²) in [4.78, 5) is 34.9. The number of nitrogens with zero attached hydrogens (tertiary/aromatic N) is 4. The molecule has 156 valence electrons. The van der Waals surface area contributed by atoms with Crippen molar-refractivity contribution in [3.8, 4) is 5.69 Å². The van der Waals surface area contributed by atoms with E-state index in [1.54, 1.807) is 10.6 Å². The number of aromatic nitrogens is 2.